The summed E-state index contributed by atoms with van der Waals surface area (Å²) < 4.78 is 40.7. The Labute approximate surface area is 136 Å². The third kappa shape index (κ3) is 3.20. The summed E-state index contributed by atoms with van der Waals surface area (Å²) in [5.74, 6) is -2.34. The van der Waals surface area contributed by atoms with Crippen LogP contribution in [0.2, 0.25) is 0 Å². The highest BCUT2D eigenvalue weighted by atomic mass is 32.2. The summed E-state index contributed by atoms with van der Waals surface area (Å²) in [5, 5.41) is 9.10. The summed E-state index contributed by atoms with van der Waals surface area (Å²) in [4.78, 5) is 15.5. The van der Waals surface area contributed by atoms with E-state index in [-0.39, 0.29) is 10.7 Å². The third-order valence-electron chi connectivity index (χ3n) is 3.54. The number of sulfonamides is 1. The number of benzene rings is 1. The van der Waals surface area contributed by atoms with Crippen molar-refractivity contribution in [3.05, 3.63) is 40.2 Å². The molecular weight excluding hydrogens is 343 g/mol. The molecule has 1 aromatic carbocycles. The largest absolute Gasteiger partial charge is 0.478 e. The molecule has 0 aliphatic heterocycles. The summed E-state index contributed by atoms with van der Waals surface area (Å²) in [6, 6.07) is 2.64. The lowest BCUT2D eigenvalue weighted by atomic mass is 10.0. The van der Waals surface area contributed by atoms with Gasteiger partial charge in [-0.1, -0.05) is 0 Å². The molecule has 0 amide bonds. The van der Waals surface area contributed by atoms with Crippen LogP contribution in [0.4, 0.5) is 9.52 Å². The third-order valence-corrected chi connectivity index (χ3v) is 6.09. The zero-order chi connectivity index (χ0) is 16.6. The molecule has 1 heterocycles. The van der Waals surface area contributed by atoms with Crippen LogP contribution in [-0.4, -0.2) is 24.5 Å². The molecular formula is C14H13FN2O4S2. The number of nitrogens with zero attached hydrogens (tertiary/aromatic N) is 1. The molecule has 2 N–H and O–H groups in total. The van der Waals surface area contributed by atoms with E-state index in [0.717, 1.165) is 54.5 Å². The van der Waals surface area contributed by atoms with Crippen LogP contribution in [0.25, 0.3) is 0 Å². The number of nitrogens with one attached hydrogen (secondary N) is 1. The van der Waals surface area contributed by atoms with Gasteiger partial charge in [-0.05, 0) is 43.9 Å². The number of aryl methyl sites for hydroxylation is 2. The van der Waals surface area contributed by atoms with Crippen LogP contribution in [0.1, 0.15) is 33.8 Å². The van der Waals surface area contributed by atoms with Gasteiger partial charge in [-0.3, -0.25) is 4.72 Å². The highest BCUT2D eigenvalue weighted by molar-refractivity contribution is 7.93. The van der Waals surface area contributed by atoms with Crippen molar-refractivity contribution in [2.24, 2.45) is 0 Å². The molecule has 0 unspecified atom stereocenters. The molecule has 0 saturated carbocycles. The fraction of sp³-hybridized carbons (Fsp3) is 0.286. The first-order chi connectivity index (χ1) is 10.9. The van der Waals surface area contributed by atoms with E-state index in [1.807, 2.05) is 0 Å². The maximum absolute atomic E-state index is 13.8. The van der Waals surface area contributed by atoms with E-state index in [1.165, 1.54) is 11.3 Å². The summed E-state index contributed by atoms with van der Waals surface area (Å²) in [5.41, 5.74) is 0.573. The molecule has 1 aliphatic carbocycles. The molecule has 0 radical (unpaired) electrons. The second kappa shape index (κ2) is 5.89. The van der Waals surface area contributed by atoms with Crippen LogP contribution in [0, 0.1) is 5.82 Å². The molecule has 6 nitrogen and oxygen atoms in total. The zero-order valence-electron chi connectivity index (χ0n) is 11.9. The number of anilines is 1. The van der Waals surface area contributed by atoms with Gasteiger partial charge < -0.3 is 5.11 Å². The molecule has 23 heavy (non-hydrogen) atoms. The zero-order valence-corrected chi connectivity index (χ0v) is 13.5. The number of fused-ring (bicyclic) bond motifs is 1. The van der Waals surface area contributed by atoms with E-state index in [9.17, 15) is 17.6 Å². The topological polar surface area (TPSA) is 96.4 Å². The number of carboxylic acids is 1. The van der Waals surface area contributed by atoms with Crippen molar-refractivity contribution in [3.63, 3.8) is 0 Å². The van der Waals surface area contributed by atoms with E-state index < -0.39 is 26.7 Å². The SMILES string of the molecule is O=C(O)c1ccc(F)c(S(=O)(=O)Nc2nc3c(s2)CCCC3)c1. The van der Waals surface area contributed by atoms with Crippen LogP contribution in [-0.2, 0) is 22.9 Å². The number of hydrogen-bond donors (Lipinski definition) is 2. The molecule has 0 atom stereocenters. The lowest BCUT2D eigenvalue weighted by Gasteiger charge is -2.07. The average molecular weight is 356 g/mol. The van der Waals surface area contributed by atoms with Gasteiger partial charge in [0.1, 0.15) is 10.7 Å². The van der Waals surface area contributed by atoms with Gasteiger partial charge in [0.05, 0.1) is 11.3 Å². The van der Waals surface area contributed by atoms with Gasteiger partial charge >= 0.3 is 5.97 Å². The number of thiazole rings is 1. The number of aromatic carboxylic acids is 1. The normalized spacial score (nSPS) is 14.3. The fourth-order valence-corrected chi connectivity index (χ4v) is 4.80. The first kappa shape index (κ1) is 15.9. The maximum Gasteiger partial charge on any atom is 0.335 e. The van der Waals surface area contributed by atoms with E-state index in [2.05, 4.69) is 9.71 Å². The average Bonchev–Trinajstić information content (AvgIpc) is 2.88. The highest BCUT2D eigenvalue weighted by Crippen LogP contribution is 2.31. The quantitative estimate of drug-likeness (QED) is 0.878. The van der Waals surface area contributed by atoms with E-state index in [0.29, 0.717) is 0 Å². The van der Waals surface area contributed by atoms with Crippen molar-refractivity contribution in [2.75, 3.05) is 4.72 Å². The van der Waals surface area contributed by atoms with Gasteiger partial charge in [0, 0.05) is 4.88 Å². The Hall–Kier alpha value is -2.00. The Morgan fingerprint density at radius 1 is 1.30 bits per heavy atom. The summed E-state index contributed by atoms with van der Waals surface area (Å²) >= 11 is 1.23. The first-order valence-corrected chi connectivity index (χ1v) is 9.21. The van der Waals surface area contributed by atoms with Crippen molar-refractivity contribution in [3.8, 4) is 0 Å². The summed E-state index contributed by atoms with van der Waals surface area (Å²) in [6.07, 6.45) is 3.71. The van der Waals surface area contributed by atoms with Crippen LogP contribution in [0.5, 0.6) is 0 Å². The first-order valence-electron chi connectivity index (χ1n) is 6.91. The van der Waals surface area contributed by atoms with E-state index >= 15 is 0 Å². The van der Waals surface area contributed by atoms with Crippen molar-refractivity contribution in [1.82, 2.24) is 4.98 Å². The Balaban J connectivity index is 1.94. The molecule has 2 aromatic rings. The lowest BCUT2D eigenvalue weighted by Crippen LogP contribution is -2.15. The van der Waals surface area contributed by atoms with E-state index in [1.54, 1.807) is 0 Å². The predicted octanol–water partition coefficient (Wildman–Crippen LogP) is 2.66. The number of carboxylic acid groups (broad SMARTS) is 1. The van der Waals surface area contributed by atoms with Gasteiger partial charge in [0.2, 0.25) is 0 Å². The Morgan fingerprint density at radius 2 is 2.04 bits per heavy atom. The fourth-order valence-electron chi connectivity index (χ4n) is 2.41. The minimum Gasteiger partial charge on any atom is -0.478 e. The maximum atomic E-state index is 13.8. The monoisotopic (exact) mass is 356 g/mol. The second-order valence-corrected chi connectivity index (χ2v) is 7.89. The second-order valence-electron chi connectivity index (χ2n) is 5.15. The van der Waals surface area contributed by atoms with Crippen molar-refractivity contribution < 1.29 is 22.7 Å². The number of rotatable bonds is 4. The molecule has 0 spiro atoms. The van der Waals surface area contributed by atoms with Crippen molar-refractivity contribution >= 4 is 32.5 Å². The standard InChI is InChI=1S/C14H13FN2O4S2/c15-9-6-5-8(13(18)19)7-12(9)23(20,21)17-14-16-10-3-1-2-4-11(10)22-14/h5-7H,1-4H2,(H,16,17)(H,18,19). The smallest absolute Gasteiger partial charge is 0.335 e. The minimum absolute atomic E-state index is 0.178. The van der Waals surface area contributed by atoms with Crippen molar-refractivity contribution in [2.45, 2.75) is 30.6 Å². The van der Waals surface area contributed by atoms with E-state index in [4.69, 9.17) is 5.11 Å². The van der Waals surface area contributed by atoms with Crippen LogP contribution < -0.4 is 4.72 Å². The Kier molecular flexibility index (Phi) is 4.07. The molecule has 0 fully saturated rings. The Morgan fingerprint density at radius 3 is 2.74 bits per heavy atom. The van der Waals surface area contributed by atoms with Crippen molar-refractivity contribution in [1.29, 1.82) is 0 Å². The molecule has 1 aromatic heterocycles. The lowest BCUT2D eigenvalue weighted by molar-refractivity contribution is 0.0696. The van der Waals surface area contributed by atoms with Crippen LogP contribution in [0.3, 0.4) is 0 Å². The van der Waals surface area contributed by atoms with Gasteiger partial charge in [-0.2, -0.15) is 0 Å². The number of aromatic nitrogens is 1. The van der Waals surface area contributed by atoms with Gasteiger partial charge in [0.25, 0.3) is 10.0 Å². The summed E-state index contributed by atoms with van der Waals surface area (Å²) in [7, 11) is -4.24. The molecule has 1 aliphatic rings. The summed E-state index contributed by atoms with van der Waals surface area (Å²) in [6.45, 7) is 0. The van der Waals surface area contributed by atoms with Crippen LogP contribution in [0.15, 0.2) is 23.1 Å². The minimum atomic E-state index is -4.24. The molecule has 0 saturated heterocycles. The van der Waals surface area contributed by atoms with Crippen LogP contribution >= 0.6 is 11.3 Å². The Bertz CT molecular complexity index is 853. The van der Waals surface area contributed by atoms with Gasteiger partial charge in [-0.15, -0.1) is 11.3 Å². The molecule has 3 rings (SSSR count). The molecule has 122 valence electrons. The number of halogens is 1. The number of hydrogen-bond acceptors (Lipinski definition) is 5. The highest BCUT2D eigenvalue weighted by Gasteiger charge is 2.24. The van der Waals surface area contributed by atoms with Gasteiger partial charge in [-0.25, -0.2) is 22.6 Å². The number of carbonyl (C=O) groups is 1. The van der Waals surface area contributed by atoms with Gasteiger partial charge in [0.15, 0.2) is 5.13 Å². The predicted molar refractivity (Wildman–Crippen MR) is 82.9 cm³/mol. The molecule has 0 bridgehead atoms. The molecule has 9 heteroatoms.